The topological polar surface area (TPSA) is 96.0 Å². The molecule has 8 nitrogen and oxygen atoms in total. The zero-order valence-corrected chi connectivity index (χ0v) is 22.0. The van der Waals surface area contributed by atoms with Crippen LogP contribution in [-0.2, 0) is 26.2 Å². The van der Waals surface area contributed by atoms with Crippen LogP contribution in [0.3, 0.4) is 0 Å². The molecular weight excluding hydrogens is 497 g/mol. The normalized spacial score (nSPS) is 13.0. The van der Waals surface area contributed by atoms with Gasteiger partial charge in [-0.25, -0.2) is 12.8 Å². The summed E-state index contributed by atoms with van der Waals surface area (Å²) in [7, 11) is -2.40. The number of hydrogen-bond donors (Lipinski definition) is 1. The fourth-order valence-electron chi connectivity index (χ4n) is 3.23. The Bertz CT molecular complexity index is 1140. The molecule has 0 radical (unpaired) electrons. The van der Waals surface area contributed by atoms with E-state index in [-0.39, 0.29) is 29.2 Å². The van der Waals surface area contributed by atoms with Gasteiger partial charge in [-0.15, -0.1) is 0 Å². The zero-order valence-electron chi connectivity index (χ0n) is 20.4. The van der Waals surface area contributed by atoms with Gasteiger partial charge in [-0.2, -0.15) is 0 Å². The number of carbonyl (C=O) groups excluding carboxylic acids is 2. The third-order valence-electron chi connectivity index (χ3n) is 5.55. The van der Waals surface area contributed by atoms with Gasteiger partial charge in [0.05, 0.1) is 24.1 Å². The monoisotopic (exact) mass is 527 g/mol. The van der Waals surface area contributed by atoms with Gasteiger partial charge in [0.1, 0.15) is 24.2 Å². The molecular formula is C24H31ClFN3O5S. The van der Waals surface area contributed by atoms with E-state index in [2.05, 4.69) is 5.32 Å². The standard InChI is InChI=1S/C24H31ClFN3O5S/c1-6-16(2)27-24(31)17(3)28(14-18-7-10-20(34-4)11-8-18)23(30)15-29(35(5,32)33)19-9-12-22(26)21(25)13-19/h7-13,16-17H,6,14-15H2,1-5H3,(H,27,31). The molecule has 0 fully saturated rings. The molecule has 0 heterocycles. The summed E-state index contributed by atoms with van der Waals surface area (Å²) >= 11 is 5.84. The predicted octanol–water partition coefficient (Wildman–Crippen LogP) is 3.59. The zero-order chi connectivity index (χ0) is 26.3. The second-order valence-electron chi connectivity index (χ2n) is 8.23. The Morgan fingerprint density at radius 2 is 1.77 bits per heavy atom. The molecule has 192 valence electrons. The van der Waals surface area contributed by atoms with Crippen LogP contribution in [0.15, 0.2) is 42.5 Å². The number of ether oxygens (including phenoxy) is 1. The molecule has 35 heavy (non-hydrogen) atoms. The molecule has 2 rings (SSSR count). The number of halogens is 2. The maximum absolute atomic E-state index is 13.6. The third kappa shape index (κ3) is 7.83. The number of rotatable bonds is 11. The lowest BCUT2D eigenvalue weighted by atomic mass is 10.1. The van der Waals surface area contributed by atoms with Crippen molar-refractivity contribution < 1.29 is 27.1 Å². The first-order valence-electron chi connectivity index (χ1n) is 11.0. The molecule has 0 saturated carbocycles. The van der Waals surface area contributed by atoms with Crippen molar-refractivity contribution in [2.45, 2.75) is 45.8 Å². The van der Waals surface area contributed by atoms with Crippen LogP contribution in [0.25, 0.3) is 0 Å². The molecule has 11 heteroatoms. The van der Waals surface area contributed by atoms with Gasteiger partial charge >= 0.3 is 0 Å². The summed E-state index contributed by atoms with van der Waals surface area (Å²) in [5, 5.41) is 2.58. The van der Waals surface area contributed by atoms with E-state index in [1.165, 1.54) is 18.1 Å². The predicted molar refractivity (Wildman–Crippen MR) is 135 cm³/mol. The molecule has 0 aliphatic rings. The van der Waals surface area contributed by atoms with Gasteiger partial charge in [0.15, 0.2) is 0 Å². The van der Waals surface area contributed by atoms with Crippen LogP contribution in [0.4, 0.5) is 10.1 Å². The highest BCUT2D eigenvalue weighted by molar-refractivity contribution is 7.92. The summed E-state index contributed by atoms with van der Waals surface area (Å²) in [6, 6.07) is 9.36. The van der Waals surface area contributed by atoms with Crippen molar-refractivity contribution in [3.63, 3.8) is 0 Å². The molecule has 0 aliphatic carbocycles. The number of sulfonamides is 1. The van der Waals surface area contributed by atoms with Gasteiger partial charge in [0.2, 0.25) is 21.8 Å². The number of methoxy groups -OCH3 is 1. The maximum Gasteiger partial charge on any atom is 0.244 e. The molecule has 2 aromatic rings. The minimum absolute atomic E-state index is 0.0355. The highest BCUT2D eigenvalue weighted by Crippen LogP contribution is 2.25. The van der Waals surface area contributed by atoms with E-state index in [0.29, 0.717) is 12.2 Å². The first-order chi connectivity index (χ1) is 16.4. The van der Waals surface area contributed by atoms with Crippen LogP contribution in [0, 0.1) is 5.82 Å². The number of hydrogen-bond acceptors (Lipinski definition) is 5. The molecule has 0 saturated heterocycles. The summed E-state index contributed by atoms with van der Waals surface area (Å²) in [6.45, 7) is 4.81. The van der Waals surface area contributed by atoms with Gasteiger partial charge in [-0.3, -0.25) is 13.9 Å². The van der Waals surface area contributed by atoms with Gasteiger partial charge in [-0.05, 0) is 56.2 Å². The summed E-state index contributed by atoms with van der Waals surface area (Å²) in [6.07, 6.45) is 1.64. The van der Waals surface area contributed by atoms with Crippen molar-refractivity contribution in [2.24, 2.45) is 0 Å². The third-order valence-corrected chi connectivity index (χ3v) is 6.98. The SMILES string of the molecule is CCC(C)NC(=O)C(C)N(Cc1ccc(OC)cc1)C(=O)CN(c1ccc(F)c(Cl)c1)S(C)(=O)=O. The summed E-state index contributed by atoms with van der Waals surface area (Å²) in [5.74, 6) is -1.06. The van der Waals surface area contributed by atoms with E-state index in [0.717, 1.165) is 28.3 Å². The van der Waals surface area contributed by atoms with Crippen LogP contribution in [0.1, 0.15) is 32.8 Å². The van der Waals surface area contributed by atoms with Crippen LogP contribution < -0.4 is 14.4 Å². The highest BCUT2D eigenvalue weighted by Gasteiger charge is 2.30. The van der Waals surface area contributed by atoms with Gasteiger partial charge in [0.25, 0.3) is 0 Å². The quantitative estimate of drug-likeness (QED) is 0.482. The largest absolute Gasteiger partial charge is 0.497 e. The number of nitrogens with one attached hydrogen (secondary N) is 1. The first kappa shape index (κ1) is 28.4. The van der Waals surface area contributed by atoms with E-state index in [1.807, 2.05) is 13.8 Å². The lowest BCUT2D eigenvalue weighted by Crippen LogP contribution is -2.52. The summed E-state index contributed by atoms with van der Waals surface area (Å²) < 4.78 is 44.7. The number of nitrogens with zero attached hydrogens (tertiary/aromatic N) is 2. The van der Waals surface area contributed by atoms with Crippen molar-refractivity contribution in [2.75, 3.05) is 24.2 Å². The minimum Gasteiger partial charge on any atom is -0.497 e. The average molecular weight is 528 g/mol. The molecule has 0 bridgehead atoms. The molecule has 1 N–H and O–H groups in total. The van der Waals surface area contributed by atoms with Crippen molar-refractivity contribution in [1.82, 2.24) is 10.2 Å². The molecule has 2 atom stereocenters. The average Bonchev–Trinajstić information content (AvgIpc) is 2.81. The smallest absolute Gasteiger partial charge is 0.244 e. The number of amides is 2. The molecule has 2 unspecified atom stereocenters. The van der Waals surface area contributed by atoms with Gasteiger partial charge in [0, 0.05) is 12.6 Å². The fourth-order valence-corrected chi connectivity index (χ4v) is 4.25. The number of benzene rings is 2. The van der Waals surface area contributed by atoms with Gasteiger partial charge < -0.3 is 15.0 Å². The van der Waals surface area contributed by atoms with Gasteiger partial charge in [-0.1, -0.05) is 30.7 Å². The fraction of sp³-hybridized carbons (Fsp3) is 0.417. The second-order valence-corrected chi connectivity index (χ2v) is 10.5. The summed E-state index contributed by atoms with van der Waals surface area (Å²) in [4.78, 5) is 27.6. The number of anilines is 1. The Kier molecular flexibility index (Phi) is 9.91. The molecule has 0 spiro atoms. The maximum atomic E-state index is 13.6. The van der Waals surface area contributed by atoms with Crippen molar-refractivity contribution >= 4 is 39.1 Å². The van der Waals surface area contributed by atoms with E-state index >= 15 is 0 Å². The van der Waals surface area contributed by atoms with E-state index in [1.54, 1.807) is 31.2 Å². The highest BCUT2D eigenvalue weighted by atomic mass is 35.5. The van der Waals surface area contributed by atoms with Crippen LogP contribution in [-0.4, -0.2) is 57.1 Å². The summed E-state index contributed by atoms with van der Waals surface area (Å²) in [5.41, 5.74) is 0.756. The molecule has 2 amide bonds. The lowest BCUT2D eigenvalue weighted by Gasteiger charge is -2.32. The number of carbonyl (C=O) groups is 2. The van der Waals surface area contributed by atoms with Crippen molar-refractivity contribution in [3.8, 4) is 5.75 Å². The Morgan fingerprint density at radius 3 is 2.29 bits per heavy atom. The first-order valence-corrected chi connectivity index (χ1v) is 13.3. The lowest BCUT2D eigenvalue weighted by molar-refractivity contribution is -0.139. The van der Waals surface area contributed by atoms with Crippen molar-refractivity contribution in [1.29, 1.82) is 0 Å². The Hall–Kier alpha value is -2.85. The van der Waals surface area contributed by atoms with Crippen LogP contribution in [0.2, 0.25) is 5.02 Å². The molecule has 2 aromatic carbocycles. The second kappa shape index (κ2) is 12.2. The van der Waals surface area contributed by atoms with Crippen molar-refractivity contribution in [3.05, 3.63) is 58.9 Å². The molecule has 0 aromatic heterocycles. The van der Waals surface area contributed by atoms with E-state index < -0.39 is 34.3 Å². The Morgan fingerprint density at radius 1 is 1.14 bits per heavy atom. The molecule has 0 aliphatic heterocycles. The van der Waals surface area contributed by atoms with Crippen LogP contribution in [0.5, 0.6) is 5.75 Å². The Balaban J connectivity index is 2.40. The van der Waals surface area contributed by atoms with E-state index in [9.17, 15) is 22.4 Å². The Labute approximate surface area is 211 Å². The van der Waals surface area contributed by atoms with Crippen LogP contribution >= 0.6 is 11.6 Å². The van der Waals surface area contributed by atoms with E-state index in [4.69, 9.17) is 16.3 Å². The minimum atomic E-state index is -3.94.